The molecule has 1 rings (SSSR count). The lowest BCUT2D eigenvalue weighted by atomic mass is 10.2. The predicted molar refractivity (Wildman–Crippen MR) is 68.0 cm³/mol. The van der Waals surface area contributed by atoms with Crippen LogP contribution in [-0.4, -0.2) is 16.9 Å². The van der Waals surface area contributed by atoms with Gasteiger partial charge in [0.05, 0.1) is 16.8 Å². The van der Waals surface area contributed by atoms with Crippen LogP contribution in [0.5, 0.6) is 0 Å². The molecule has 0 saturated carbocycles. The number of carbonyl (C=O) groups excluding carboxylic acids is 1. The van der Waals surface area contributed by atoms with Gasteiger partial charge in [-0.1, -0.05) is 20.3 Å². The van der Waals surface area contributed by atoms with Crippen molar-refractivity contribution < 1.29 is 4.79 Å². The number of amides is 1. The number of carbonyl (C=O) groups is 1. The van der Waals surface area contributed by atoms with Gasteiger partial charge in [-0.25, -0.2) is 4.98 Å². The number of nitrogens with one attached hydrogen (secondary N) is 1. The molecule has 1 heterocycles. The predicted octanol–water partition coefficient (Wildman–Crippen LogP) is 2.44. The van der Waals surface area contributed by atoms with E-state index in [1.54, 1.807) is 0 Å². The van der Waals surface area contributed by atoms with Crippen LogP contribution in [0.4, 0.5) is 0 Å². The summed E-state index contributed by atoms with van der Waals surface area (Å²) in [6, 6.07) is 1.69. The third-order valence-electron chi connectivity index (χ3n) is 2.39. The van der Waals surface area contributed by atoms with Crippen molar-refractivity contribution in [3.05, 3.63) is 15.6 Å². The lowest BCUT2D eigenvalue weighted by Crippen LogP contribution is -2.33. The molecular weight excluding hydrogens is 234 g/mol. The Hall–Kier alpha value is -1.41. The molecule has 4 nitrogen and oxygen atoms in total. The lowest BCUT2D eigenvalue weighted by molar-refractivity contribution is 0.0947. The van der Waals surface area contributed by atoms with Gasteiger partial charge in [-0.05, 0) is 19.8 Å². The maximum atomic E-state index is 11.9. The number of aryl methyl sites for hydroxylation is 2. The summed E-state index contributed by atoms with van der Waals surface area (Å²) in [6.07, 6.45) is 2.39. The lowest BCUT2D eigenvalue weighted by Gasteiger charge is -2.09. The third-order valence-corrected chi connectivity index (χ3v) is 3.69. The van der Waals surface area contributed by atoms with E-state index in [1.165, 1.54) is 11.3 Å². The van der Waals surface area contributed by atoms with Crippen molar-refractivity contribution in [2.75, 3.05) is 0 Å². The van der Waals surface area contributed by atoms with Crippen molar-refractivity contribution in [1.82, 2.24) is 10.3 Å². The van der Waals surface area contributed by atoms with Gasteiger partial charge in [0.2, 0.25) is 0 Å². The first-order chi connectivity index (χ1) is 8.12. The van der Waals surface area contributed by atoms with Crippen LogP contribution < -0.4 is 5.32 Å². The van der Waals surface area contributed by atoms with Gasteiger partial charge >= 0.3 is 0 Å². The van der Waals surface area contributed by atoms with Gasteiger partial charge in [0, 0.05) is 0 Å². The Balaban J connectivity index is 2.75. The standard InChI is InChI=1S/C12H17N3OS/c1-4-6-9(7-13)15-12(16)11-8(3)14-10(5-2)17-11/h9H,4-6H2,1-3H3,(H,15,16). The van der Waals surface area contributed by atoms with E-state index >= 15 is 0 Å². The first-order valence-corrected chi connectivity index (χ1v) is 6.60. The van der Waals surface area contributed by atoms with Crippen LogP contribution >= 0.6 is 11.3 Å². The van der Waals surface area contributed by atoms with E-state index in [4.69, 9.17) is 5.26 Å². The van der Waals surface area contributed by atoms with E-state index in [9.17, 15) is 4.79 Å². The number of hydrogen-bond donors (Lipinski definition) is 1. The highest BCUT2D eigenvalue weighted by atomic mass is 32.1. The number of nitriles is 1. The first kappa shape index (κ1) is 13.7. The molecule has 1 aromatic heterocycles. The number of rotatable bonds is 5. The van der Waals surface area contributed by atoms with Crippen LogP contribution in [0.3, 0.4) is 0 Å². The zero-order valence-electron chi connectivity index (χ0n) is 10.4. The van der Waals surface area contributed by atoms with Crippen LogP contribution in [-0.2, 0) is 6.42 Å². The molecule has 0 spiro atoms. The molecule has 1 atom stereocenters. The molecule has 5 heteroatoms. The smallest absolute Gasteiger partial charge is 0.264 e. The van der Waals surface area contributed by atoms with Crippen molar-refractivity contribution in [3.8, 4) is 6.07 Å². The Morgan fingerprint density at radius 2 is 2.29 bits per heavy atom. The molecular formula is C12H17N3OS. The van der Waals surface area contributed by atoms with Crippen LogP contribution in [0.15, 0.2) is 0 Å². The Morgan fingerprint density at radius 3 is 2.76 bits per heavy atom. The highest BCUT2D eigenvalue weighted by Gasteiger charge is 2.17. The summed E-state index contributed by atoms with van der Waals surface area (Å²) in [5.74, 6) is -0.181. The van der Waals surface area contributed by atoms with E-state index in [2.05, 4.69) is 16.4 Å². The molecule has 0 aliphatic heterocycles. The van der Waals surface area contributed by atoms with Crippen molar-refractivity contribution in [2.24, 2.45) is 0 Å². The fraction of sp³-hybridized carbons (Fsp3) is 0.583. The van der Waals surface area contributed by atoms with Gasteiger partial charge in [-0.15, -0.1) is 11.3 Å². The number of hydrogen-bond acceptors (Lipinski definition) is 4. The Kier molecular flexibility index (Phi) is 5.11. The highest BCUT2D eigenvalue weighted by molar-refractivity contribution is 7.13. The van der Waals surface area contributed by atoms with Gasteiger partial charge < -0.3 is 5.32 Å². The SMILES string of the molecule is CCCC(C#N)NC(=O)c1sc(CC)nc1C. The largest absolute Gasteiger partial charge is 0.336 e. The second kappa shape index (κ2) is 6.36. The fourth-order valence-corrected chi connectivity index (χ4v) is 2.40. The molecule has 1 aromatic rings. The molecule has 0 saturated heterocycles. The molecule has 1 unspecified atom stereocenters. The van der Waals surface area contributed by atoms with Gasteiger partial charge in [-0.3, -0.25) is 4.79 Å². The minimum absolute atomic E-state index is 0.181. The van der Waals surface area contributed by atoms with E-state index in [0.717, 1.165) is 23.5 Å². The van der Waals surface area contributed by atoms with E-state index < -0.39 is 6.04 Å². The molecule has 0 radical (unpaired) electrons. The van der Waals surface area contributed by atoms with Crippen LogP contribution in [0.25, 0.3) is 0 Å². The molecule has 0 aromatic carbocycles. The molecule has 0 aliphatic carbocycles. The second-order valence-corrected chi connectivity index (χ2v) is 4.90. The summed E-state index contributed by atoms with van der Waals surface area (Å²) in [7, 11) is 0. The summed E-state index contributed by atoms with van der Waals surface area (Å²) in [5.41, 5.74) is 0.748. The van der Waals surface area contributed by atoms with E-state index in [-0.39, 0.29) is 5.91 Å². The summed E-state index contributed by atoms with van der Waals surface area (Å²) in [5, 5.41) is 12.6. The number of aromatic nitrogens is 1. The first-order valence-electron chi connectivity index (χ1n) is 5.79. The quantitative estimate of drug-likeness (QED) is 0.874. The van der Waals surface area contributed by atoms with Gasteiger partial charge in [0.1, 0.15) is 10.9 Å². The summed E-state index contributed by atoms with van der Waals surface area (Å²) in [6.45, 7) is 5.82. The van der Waals surface area contributed by atoms with Crippen molar-refractivity contribution in [1.29, 1.82) is 5.26 Å². The Morgan fingerprint density at radius 1 is 1.59 bits per heavy atom. The number of nitrogens with zero attached hydrogens (tertiary/aromatic N) is 2. The average molecular weight is 251 g/mol. The topological polar surface area (TPSA) is 65.8 Å². The third kappa shape index (κ3) is 3.53. The molecule has 0 aliphatic rings. The molecule has 1 amide bonds. The minimum atomic E-state index is -0.404. The van der Waals surface area contributed by atoms with Gasteiger partial charge in [-0.2, -0.15) is 5.26 Å². The Bertz CT molecular complexity index is 433. The second-order valence-electron chi connectivity index (χ2n) is 3.82. The molecule has 0 fully saturated rings. The minimum Gasteiger partial charge on any atom is -0.336 e. The van der Waals surface area contributed by atoms with Crippen molar-refractivity contribution in [2.45, 2.75) is 46.1 Å². The molecule has 17 heavy (non-hydrogen) atoms. The highest BCUT2D eigenvalue weighted by Crippen LogP contribution is 2.18. The molecule has 0 bridgehead atoms. The Labute approximate surface area is 106 Å². The zero-order chi connectivity index (χ0) is 12.8. The number of thiazole rings is 1. The van der Waals surface area contributed by atoms with Gasteiger partial charge in [0.15, 0.2) is 0 Å². The van der Waals surface area contributed by atoms with E-state index in [1.807, 2.05) is 20.8 Å². The molecule has 92 valence electrons. The fourth-order valence-electron chi connectivity index (χ4n) is 1.50. The summed E-state index contributed by atoms with van der Waals surface area (Å²) >= 11 is 1.41. The monoisotopic (exact) mass is 251 g/mol. The maximum Gasteiger partial charge on any atom is 0.264 e. The van der Waals surface area contributed by atoms with Crippen LogP contribution in [0.1, 0.15) is 47.1 Å². The summed E-state index contributed by atoms with van der Waals surface area (Å²) < 4.78 is 0. The average Bonchev–Trinajstić information content (AvgIpc) is 2.70. The van der Waals surface area contributed by atoms with Crippen molar-refractivity contribution in [3.63, 3.8) is 0 Å². The zero-order valence-corrected chi connectivity index (χ0v) is 11.2. The summed E-state index contributed by atoms with van der Waals surface area (Å²) in [4.78, 5) is 16.9. The normalized spacial score (nSPS) is 11.9. The van der Waals surface area contributed by atoms with Crippen LogP contribution in [0, 0.1) is 18.3 Å². The molecule has 1 N–H and O–H groups in total. The van der Waals surface area contributed by atoms with Crippen LogP contribution in [0.2, 0.25) is 0 Å². The van der Waals surface area contributed by atoms with Crippen molar-refractivity contribution >= 4 is 17.2 Å². The van der Waals surface area contributed by atoms with Gasteiger partial charge in [0.25, 0.3) is 5.91 Å². The van der Waals surface area contributed by atoms with E-state index in [0.29, 0.717) is 11.3 Å². The maximum absolute atomic E-state index is 11.9.